The van der Waals surface area contributed by atoms with Gasteiger partial charge in [-0.25, -0.2) is 4.39 Å². The van der Waals surface area contributed by atoms with Crippen molar-refractivity contribution >= 4 is 39.9 Å². The van der Waals surface area contributed by atoms with E-state index in [0.29, 0.717) is 58.7 Å². The lowest BCUT2D eigenvalue weighted by atomic mass is 10.1. The van der Waals surface area contributed by atoms with Crippen LogP contribution in [-0.2, 0) is 6.61 Å². The summed E-state index contributed by atoms with van der Waals surface area (Å²) in [6.45, 7) is 3.49. The lowest BCUT2D eigenvalue weighted by Crippen LogP contribution is -2.33. The van der Waals surface area contributed by atoms with Gasteiger partial charge < -0.3 is 30.8 Å². The first kappa shape index (κ1) is 25.4. The standard InChI is InChI=1S/C25H26ClFN6O3/c1-15-22-20(32-23(15)25(35)29-8-7-28-9-10-34)13-30-33-24(22)31-18-5-6-21(19(26)12-18)36-14-16-3-2-4-17(27)11-16/h2-6,11-13,28,32,34H,7-10,14H2,1H3,(H,29,35)(H,31,33). The van der Waals surface area contributed by atoms with Gasteiger partial charge >= 0.3 is 0 Å². The molecular weight excluding hydrogens is 487 g/mol. The van der Waals surface area contributed by atoms with Crippen molar-refractivity contribution in [2.75, 3.05) is 31.6 Å². The van der Waals surface area contributed by atoms with E-state index >= 15 is 0 Å². The number of benzene rings is 2. The third-order valence-electron chi connectivity index (χ3n) is 5.44. The highest BCUT2D eigenvalue weighted by Crippen LogP contribution is 2.32. The number of nitrogens with zero attached hydrogens (tertiary/aromatic N) is 2. The Kier molecular flexibility index (Phi) is 8.32. The van der Waals surface area contributed by atoms with Gasteiger partial charge in [-0.1, -0.05) is 23.7 Å². The summed E-state index contributed by atoms with van der Waals surface area (Å²) in [5.41, 5.74) is 3.16. The van der Waals surface area contributed by atoms with Crippen LogP contribution in [0.3, 0.4) is 0 Å². The molecule has 0 unspecified atom stereocenters. The number of aromatic nitrogens is 3. The average Bonchev–Trinajstić information content (AvgIpc) is 3.21. The number of halogens is 2. The monoisotopic (exact) mass is 512 g/mol. The maximum Gasteiger partial charge on any atom is 0.268 e. The lowest BCUT2D eigenvalue weighted by Gasteiger charge is -2.11. The molecule has 1 amide bonds. The molecule has 0 aliphatic rings. The van der Waals surface area contributed by atoms with E-state index < -0.39 is 0 Å². The van der Waals surface area contributed by atoms with Crippen molar-refractivity contribution < 1.29 is 19.0 Å². The number of ether oxygens (including phenoxy) is 1. The molecule has 0 bridgehead atoms. The molecular formula is C25H26ClFN6O3. The molecule has 0 atom stereocenters. The first-order valence-corrected chi connectivity index (χ1v) is 11.7. The third-order valence-corrected chi connectivity index (χ3v) is 5.74. The molecule has 2 aromatic carbocycles. The van der Waals surface area contributed by atoms with Gasteiger partial charge in [0.2, 0.25) is 0 Å². The number of aryl methyl sites for hydroxylation is 1. The highest BCUT2D eigenvalue weighted by Gasteiger charge is 2.18. The molecule has 0 saturated carbocycles. The topological polar surface area (TPSA) is 124 Å². The summed E-state index contributed by atoms with van der Waals surface area (Å²) < 4.78 is 19.1. The maximum absolute atomic E-state index is 13.4. The molecule has 36 heavy (non-hydrogen) atoms. The molecule has 5 N–H and O–H groups in total. The van der Waals surface area contributed by atoms with Crippen LogP contribution >= 0.6 is 11.6 Å². The number of hydrogen-bond donors (Lipinski definition) is 5. The molecule has 4 aromatic rings. The van der Waals surface area contributed by atoms with Crippen LogP contribution in [0.2, 0.25) is 5.02 Å². The largest absolute Gasteiger partial charge is 0.487 e. The van der Waals surface area contributed by atoms with E-state index in [1.807, 2.05) is 6.92 Å². The predicted octanol–water partition coefficient (Wildman–Crippen LogP) is 3.69. The van der Waals surface area contributed by atoms with Gasteiger partial charge in [0, 0.05) is 30.7 Å². The molecule has 0 spiro atoms. The fourth-order valence-corrected chi connectivity index (χ4v) is 3.94. The number of carbonyl (C=O) groups excluding carboxylic acids is 1. The van der Waals surface area contributed by atoms with Crippen molar-refractivity contribution in [1.82, 2.24) is 25.8 Å². The van der Waals surface area contributed by atoms with Crippen LogP contribution in [0, 0.1) is 12.7 Å². The minimum absolute atomic E-state index is 0.0424. The van der Waals surface area contributed by atoms with Crippen LogP contribution in [0.25, 0.3) is 10.9 Å². The van der Waals surface area contributed by atoms with Gasteiger partial charge in [-0.2, -0.15) is 5.10 Å². The normalized spacial score (nSPS) is 11.0. The second-order valence-corrected chi connectivity index (χ2v) is 8.43. The van der Waals surface area contributed by atoms with Crippen LogP contribution in [0.1, 0.15) is 21.6 Å². The zero-order valence-corrected chi connectivity index (χ0v) is 20.3. The van der Waals surface area contributed by atoms with E-state index in [-0.39, 0.29) is 24.9 Å². The number of rotatable bonds is 11. The highest BCUT2D eigenvalue weighted by atomic mass is 35.5. The molecule has 0 fully saturated rings. The average molecular weight is 513 g/mol. The smallest absolute Gasteiger partial charge is 0.268 e. The molecule has 0 aliphatic heterocycles. The summed E-state index contributed by atoms with van der Waals surface area (Å²) in [6, 6.07) is 11.4. The number of H-pyrrole nitrogens is 1. The summed E-state index contributed by atoms with van der Waals surface area (Å²) in [5, 5.41) is 27.2. The fraction of sp³-hybridized carbons (Fsp3) is 0.240. The molecule has 2 aromatic heterocycles. The Morgan fingerprint density at radius 1 is 1.19 bits per heavy atom. The van der Waals surface area contributed by atoms with Crippen molar-refractivity contribution in [2.24, 2.45) is 0 Å². The van der Waals surface area contributed by atoms with Crippen molar-refractivity contribution in [2.45, 2.75) is 13.5 Å². The van der Waals surface area contributed by atoms with Crippen molar-refractivity contribution in [3.05, 3.63) is 76.3 Å². The zero-order valence-electron chi connectivity index (χ0n) is 19.6. The van der Waals surface area contributed by atoms with E-state index in [0.717, 1.165) is 10.9 Å². The van der Waals surface area contributed by atoms with E-state index in [1.165, 1.54) is 12.1 Å². The molecule has 0 radical (unpaired) electrons. The fourth-order valence-electron chi connectivity index (χ4n) is 3.71. The van der Waals surface area contributed by atoms with E-state index in [2.05, 4.69) is 31.1 Å². The minimum atomic E-state index is -0.326. The molecule has 2 heterocycles. The van der Waals surface area contributed by atoms with Crippen molar-refractivity contribution in [1.29, 1.82) is 0 Å². The second-order valence-electron chi connectivity index (χ2n) is 8.03. The van der Waals surface area contributed by atoms with Gasteiger partial charge in [0.25, 0.3) is 5.91 Å². The van der Waals surface area contributed by atoms with Gasteiger partial charge in [0.15, 0.2) is 5.82 Å². The van der Waals surface area contributed by atoms with E-state index in [9.17, 15) is 9.18 Å². The Balaban J connectivity index is 1.47. The Bertz CT molecular complexity index is 1360. The number of anilines is 2. The van der Waals surface area contributed by atoms with Crippen LogP contribution < -0.4 is 20.7 Å². The Morgan fingerprint density at radius 3 is 2.83 bits per heavy atom. The van der Waals surface area contributed by atoms with Crippen LogP contribution in [-0.4, -0.2) is 52.4 Å². The quantitative estimate of drug-likeness (QED) is 0.194. The summed E-state index contributed by atoms with van der Waals surface area (Å²) in [7, 11) is 0. The molecule has 0 saturated heterocycles. The first-order chi connectivity index (χ1) is 17.5. The Labute approximate surface area is 212 Å². The number of carbonyl (C=O) groups is 1. The van der Waals surface area contributed by atoms with Gasteiger partial charge in [-0.15, -0.1) is 5.10 Å². The lowest BCUT2D eigenvalue weighted by molar-refractivity contribution is 0.0949. The van der Waals surface area contributed by atoms with Gasteiger partial charge in [-0.3, -0.25) is 4.79 Å². The number of amides is 1. The molecule has 188 valence electrons. The van der Waals surface area contributed by atoms with Crippen LogP contribution in [0.15, 0.2) is 48.7 Å². The maximum atomic E-state index is 13.4. The number of fused-ring (bicyclic) bond motifs is 1. The van der Waals surface area contributed by atoms with Crippen molar-refractivity contribution in [3.63, 3.8) is 0 Å². The van der Waals surface area contributed by atoms with Crippen molar-refractivity contribution in [3.8, 4) is 5.75 Å². The second kappa shape index (κ2) is 11.8. The van der Waals surface area contributed by atoms with Gasteiger partial charge in [0.1, 0.15) is 23.9 Å². The Hall–Kier alpha value is -3.73. The summed E-state index contributed by atoms with van der Waals surface area (Å²) >= 11 is 6.42. The number of aliphatic hydroxyl groups excluding tert-OH is 1. The van der Waals surface area contributed by atoms with E-state index in [4.69, 9.17) is 21.4 Å². The Morgan fingerprint density at radius 2 is 2.06 bits per heavy atom. The number of aliphatic hydroxyl groups is 1. The minimum Gasteiger partial charge on any atom is -0.487 e. The van der Waals surface area contributed by atoms with Crippen LogP contribution in [0.5, 0.6) is 5.75 Å². The third kappa shape index (κ3) is 6.09. The highest BCUT2D eigenvalue weighted by molar-refractivity contribution is 6.32. The number of aromatic amines is 1. The number of hydrogen-bond acceptors (Lipinski definition) is 7. The summed E-state index contributed by atoms with van der Waals surface area (Å²) in [6.07, 6.45) is 1.56. The van der Waals surface area contributed by atoms with Crippen LogP contribution in [0.4, 0.5) is 15.9 Å². The molecule has 11 heteroatoms. The summed E-state index contributed by atoms with van der Waals surface area (Å²) in [5.74, 6) is 0.353. The zero-order chi connectivity index (χ0) is 25.5. The SMILES string of the molecule is Cc1c(C(=O)NCCNCCO)[nH]c2cnnc(Nc3ccc(OCc4cccc(F)c4)c(Cl)c3)c12. The van der Waals surface area contributed by atoms with Gasteiger partial charge in [-0.05, 0) is 48.4 Å². The molecule has 9 nitrogen and oxygen atoms in total. The van der Waals surface area contributed by atoms with E-state index in [1.54, 1.807) is 36.5 Å². The molecule has 4 rings (SSSR count). The summed E-state index contributed by atoms with van der Waals surface area (Å²) in [4.78, 5) is 15.8. The molecule has 0 aliphatic carbocycles. The van der Waals surface area contributed by atoms with Gasteiger partial charge in [0.05, 0.1) is 23.3 Å². The predicted molar refractivity (Wildman–Crippen MR) is 136 cm³/mol. The number of nitrogens with one attached hydrogen (secondary N) is 4. The first-order valence-electron chi connectivity index (χ1n) is 11.3.